The summed E-state index contributed by atoms with van der Waals surface area (Å²) in [6.45, 7) is 4.78. The number of benzene rings is 2. The summed E-state index contributed by atoms with van der Waals surface area (Å²) >= 11 is 0. The first-order valence-corrected chi connectivity index (χ1v) is 10.9. The first-order valence-electron chi connectivity index (χ1n) is 9.45. The lowest BCUT2D eigenvalue weighted by Gasteiger charge is -2.24. The highest BCUT2D eigenvalue weighted by Gasteiger charge is 2.37. The lowest BCUT2D eigenvalue weighted by Crippen LogP contribution is -2.31. The molecule has 0 radical (unpaired) electrons. The van der Waals surface area contributed by atoms with Gasteiger partial charge in [-0.1, -0.05) is 12.1 Å². The Morgan fingerprint density at radius 3 is 2.63 bits per heavy atom. The van der Waals surface area contributed by atoms with Gasteiger partial charge in [0.05, 0.1) is 10.6 Å². The maximum atomic E-state index is 13.3. The van der Waals surface area contributed by atoms with E-state index in [4.69, 9.17) is 0 Å². The van der Waals surface area contributed by atoms with Gasteiger partial charge < -0.3 is 4.90 Å². The molecular weight excluding hydrogens is 360 g/mol. The molecule has 0 aromatic heterocycles. The first-order chi connectivity index (χ1) is 12.9. The highest BCUT2D eigenvalue weighted by molar-refractivity contribution is 7.92. The molecule has 1 saturated carbocycles. The second-order valence-corrected chi connectivity index (χ2v) is 9.18. The summed E-state index contributed by atoms with van der Waals surface area (Å²) in [5.74, 6) is 0.343. The third-order valence-electron chi connectivity index (χ3n) is 5.30. The second-order valence-electron chi connectivity index (χ2n) is 7.31. The van der Waals surface area contributed by atoms with Crippen molar-refractivity contribution in [1.29, 1.82) is 0 Å². The molecule has 27 heavy (non-hydrogen) atoms. The summed E-state index contributed by atoms with van der Waals surface area (Å²) in [5.41, 5.74) is 3.49. The summed E-state index contributed by atoms with van der Waals surface area (Å²) in [5, 5.41) is 0. The van der Waals surface area contributed by atoms with Crippen LogP contribution in [0.4, 0.5) is 11.4 Å². The fourth-order valence-corrected chi connectivity index (χ4v) is 5.24. The van der Waals surface area contributed by atoms with E-state index < -0.39 is 10.0 Å². The Hall–Kier alpha value is -2.34. The number of carbonyl (C=O) groups is 1. The predicted molar refractivity (Wildman–Crippen MR) is 107 cm³/mol. The van der Waals surface area contributed by atoms with Gasteiger partial charge in [0.1, 0.15) is 0 Å². The van der Waals surface area contributed by atoms with Gasteiger partial charge in [-0.3, -0.25) is 9.10 Å². The lowest BCUT2D eigenvalue weighted by atomic mass is 10.2. The van der Waals surface area contributed by atoms with Crippen molar-refractivity contribution in [3.63, 3.8) is 0 Å². The predicted octanol–water partition coefficient (Wildman–Crippen LogP) is 3.51. The molecule has 1 fully saturated rings. The molecule has 0 unspecified atom stereocenters. The van der Waals surface area contributed by atoms with Crippen molar-refractivity contribution >= 4 is 27.3 Å². The number of anilines is 2. The maximum Gasteiger partial charge on any atom is 0.264 e. The number of nitrogens with zero attached hydrogens (tertiary/aromatic N) is 2. The summed E-state index contributed by atoms with van der Waals surface area (Å²) in [6.07, 6.45) is 2.64. The molecule has 0 spiro atoms. The van der Waals surface area contributed by atoms with Crippen molar-refractivity contribution < 1.29 is 13.2 Å². The van der Waals surface area contributed by atoms with E-state index in [1.807, 2.05) is 43.0 Å². The Balaban J connectivity index is 1.67. The monoisotopic (exact) mass is 384 g/mol. The molecule has 1 aliphatic heterocycles. The summed E-state index contributed by atoms with van der Waals surface area (Å²) < 4.78 is 27.9. The standard InChI is InChI=1S/C21H24N2O3S/c1-3-23(18-6-4-5-15(2)13-18)27(25,26)19-9-10-20-17(14-19)11-12-22(20)21(24)16-7-8-16/h4-6,9-10,13-14,16H,3,7-8,11-12H2,1-2H3. The lowest BCUT2D eigenvalue weighted by molar-refractivity contribution is -0.119. The van der Waals surface area contributed by atoms with Crippen molar-refractivity contribution in [2.75, 3.05) is 22.3 Å². The molecule has 2 aromatic rings. The van der Waals surface area contributed by atoms with Gasteiger partial charge in [0.2, 0.25) is 5.91 Å². The van der Waals surface area contributed by atoms with Gasteiger partial charge in [0.25, 0.3) is 10.0 Å². The van der Waals surface area contributed by atoms with Gasteiger partial charge in [-0.25, -0.2) is 8.42 Å². The zero-order chi connectivity index (χ0) is 19.2. The van der Waals surface area contributed by atoms with Crippen LogP contribution in [0, 0.1) is 12.8 Å². The van der Waals surface area contributed by atoms with Crippen LogP contribution in [-0.2, 0) is 21.2 Å². The number of rotatable bonds is 5. The van der Waals surface area contributed by atoms with Crippen LogP contribution in [0.1, 0.15) is 30.9 Å². The van der Waals surface area contributed by atoms with Crippen LogP contribution in [0.2, 0.25) is 0 Å². The van der Waals surface area contributed by atoms with Crippen LogP contribution >= 0.6 is 0 Å². The fraction of sp³-hybridized carbons (Fsp3) is 0.381. The third-order valence-corrected chi connectivity index (χ3v) is 7.20. The van der Waals surface area contributed by atoms with E-state index >= 15 is 0 Å². The average Bonchev–Trinajstić information content (AvgIpc) is 3.40. The van der Waals surface area contributed by atoms with Crippen LogP contribution in [0.25, 0.3) is 0 Å². The highest BCUT2D eigenvalue weighted by atomic mass is 32.2. The van der Waals surface area contributed by atoms with E-state index in [1.165, 1.54) is 4.31 Å². The highest BCUT2D eigenvalue weighted by Crippen LogP contribution is 2.37. The molecule has 0 atom stereocenters. The molecule has 1 aliphatic carbocycles. The van der Waals surface area contributed by atoms with E-state index in [0.29, 0.717) is 25.2 Å². The van der Waals surface area contributed by atoms with Crippen LogP contribution in [-0.4, -0.2) is 27.4 Å². The van der Waals surface area contributed by atoms with Gasteiger partial charge in [-0.2, -0.15) is 0 Å². The molecule has 1 amide bonds. The summed E-state index contributed by atoms with van der Waals surface area (Å²) in [6, 6.07) is 12.7. The number of carbonyl (C=O) groups excluding carboxylic acids is 1. The molecule has 142 valence electrons. The number of fused-ring (bicyclic) bond motifs is 1. The number of hydrogen-bond acceptors (Lipinski definition) is 3. The zero-order valence-electron chi connectivity index (χ0n) is 15.7. The first kappa shape index (κ1) is 18.0. The molecule has 0 saturated heterocycles. The third kappa shape index (κ3) is 3.23. The van der Waals surface area contributed by atoms with E-state index in [1.54, 1.807) is 18.2 Å². The Kier molecular flexibility index (Phi) is 4.46. The second kappa shape index (κ2) is 6.68. The van der Waals surface area contributed by atoms with Gasteiger partial charge in [-0.05, 0) is 74.6 Å². The van der Waals surface area contributed by atoms with Crippen LogP contribution < -0.4 is 9.21 Å². The van der Waals surface area contributed by atoms with Crippen molar-refractivity contribution in [3.8, 4) is 0 Å². The van der Waals surface area contributed by atoms with Gasteiger partial charge in [0, 0.05) is 24.7 Å². The normalized spacial score (nSPS) is 16.3. The Morgan fingerprint density at radius 1 is 1.19 bits per heavy atom. The minimum atomic E-state index is -3.65. The van der Waals surface area contributed by atoms with E-state index in [0.717, 1.165) is 29.7 Å². The van der Waals surface area contributed by atoms with Gasteiger partial charge in [-0.15, -0.1) is 0 Å². The van der Waals surface area contributed by atoms with Crippen LogP contribution in [0.3, 0.4) is 0 Å². The fourth-order valence-electron chi connectivity index (χ4n) is 3.72. The number of aryl methyl sites for hydroxylation is 1. The van der Waals surface area contributed by atoms with Crippen LogP contribution in [0.5, 0.6) is 0 Å². The van der Waals surface area contributed by atoms with E-state index in [-0.39, 0.29) is 16.7 Å². The molecule has 5 nitrogen and oxygen atoms in total. The van der Waals surface area contributed by atoms with E-state index in [9.17, 15) is 13.2 Å². The minimum absolute atomic E-state index is 0.163. The molecule has 2 aliphatic rings. The Morgan fingerprint density at radius 2 is 1.96 bits per heavy atom. The molecular formula is C21H24N2O3S. The Bertz CT molecular complexity index is 996. The summed E-state index contributed by atoms with van der Waals surface area (Å²) in [4.78, 5) is 14.5. The molecule has 2 aromatic carbocycles. The Labute approximate surface area is 160 Å². The quantitative estimate of drug-likeness (QED) is 0.793. The van der Waals surface area contributed by atoms with Crippen LogP contribution in [0.15, 0.2) is 47.4 Å². The minimum Gasteiger partial charge on any atom is -0.312 e. The van der Waals surface area contributed by atoms with Crippen molar-refractivity contribution in [2.24, 2.45) is 5.92 Å². The SMILES string of the molecule is CCN(c1cccc(C)c1)S(=O)(=O)c1ccc2c(c1)CCN2C(=O)C1CC1. The number of sulfonamides is 1. The van der Waals surface area contributed by atoms with Crippen molar-refractivity contribution in [3.05, 3.63) is 53.6 Å². The molecule has 6 heteroatoms. The topological polar surface area (TPSA) is 57.7 Å². The van der Waals surface area contributed by atoms with Crippen molar-refractivity contribution in [1.82, 2.24) is 0 Å². The zero-order valence-corrected chi connectivity index (χ0v) is 16.5. The van der Waals surface area contributed by atoms with E-state index in [2.05, 4.69) is 0 Å². The molecule has 4 rings (SSSR count). The molecule has 0 N–H and O–H groups in total. The maximum absolute atomic E-state index is 13.3. The molecule has 0 bridgehead atoms. The smallest absolute Gasteiger partial charge is 0.264 e. The molecule has 1 heterocycles. The van der Waals surface area contributed by atoms with Gasteiger partial charge >= 0.3 is 0 Å². The number of hydrogen-bond donors (Lipinski definition) is 0. The average molecular weight is 385 g/mol. The largest absolute Gasteiger partial charge is 0.312 e. The van der Waals surface area contributed by atoms with Crippen molar-refractivity contribution in [2.45, 2.75) is 38.0 Å². The van der Waals surface area contributed by atoms with Gasteiger partial charge in [0.15, 0.2) is 0 Å². The number of amides is 1. The summed E-state index contributed by atoms with van der Waals surface area (Å²) in [7, 11) is -3.65.